The van der Waals surface area contributed by atoms with Crippen LogP contribution in [0.1, 0.15) is 13.8 Å². The van der Waals surface area contributed by atoms with Crippen molar-refractivity contribution in [3.05, 3.63) is 14.7 Å². The van der Waals surface area contributed by atoms with Crippen LogP contribution in [-0.2, 0) is 10.0 Å². The first-order chi connectivity index (χ1) is 8.30. The second-order valence-corrected chi connectivity index (χ2v) is 8.67. The highest BCUT2D eigenvalue weighted by molar-refractivity contribution is 7.89. The number of hydrogen-bond donors (Lipinski definition) is 1. The Hall–Kier alpha value is 0.150. The van der Waals surface area contributed by atoms with Crippen molar-refractivity contribution in [1.82, 2.24) is 9.62 Å². The molecule has 0 aromatic carbocycles. The summed E-state index contributed by atoms with van der Waals surface area (Å²) < 4.78 is 27.0. The Morgan fingerprint density at radius 2 is 1.89 bits per heavy atom. The van der Waals surface area contributed by atoms with Crippen molar-refractivity contribution in [2.24, 2.45) is 0 Å². The molecule has 8 heteroatoms. The average molecular weight is 329 g/mol. The van der Waals surface area contributed by atoms with Gasteiger partial charge in [-0.2, -0.15) is 4.31 Å². The fourth-order valence-electron chi connectivity index (χ4n) is 2.11. The first-order valence-electron chi connectivity index (χ1n) is 5.51. The van der Waals surface area contributed by atoms with Gasteiger partial charge in [-0.1, -0.05) is 23.2 Å². The summed E-state index contributed by atoms with van der Waals surface area (Å²) in [6, 6.07) is 1.66. The number of sulfonamides is 1. The molecule has 102 valence electrons. The van der Waals surface area contributed by atoms with Crippen LogP contribution in [0.25, 0.3) is 0 Å². The Morgan fingerprint density at radius 1 is 1.33 bits per heavy atom. The summed E-state index contributed by atoms with van der Waals surface area (Å²) in [4.78, 5) is 0.112. The van der Waals surface area contributed by atoms with Gasteiger partial charge in [0.25, 0.3) is 0 Å². The van der Waals surface area contributed by atoms with Crippen LogP contribution in [0, 0.1) is 0 Å². The minimum atomic E-state index is -3.55. The van der Waals surface area contributed by atoms with Gasteiger partial charge in [-0.15, -0.1) is 11.3 Å². The molecule has 2 unspecified atom stereocenters. The first kappa shape index (κ1) is 14.6. The van der Waals surface area contributed by atoms with Gasteiger partial charge >= 0.3 is 0 Å². The zero-order valence-electron chi connectivity index (χ0n) is 9.98. The number of thiophene rings is 1. The van der Waals surface area contributed by atoms with Crippen LogP contribution in [0.2, 0.25) is 8.67 Å². The van der Waals surface area contributed by atoms with Gasteiger partial charge in [0.2, 0.25) is 10.0 Å². The SMILES string of the molecule is CC1CN(S(=O)(=O)c2cc(Cl)sc2Cl)CC(C)N1. The normalized spacial score (nSPS) is 26.4. The smallest absolute Gasteiger partial charge is 0.245 e. The van der Waals surface area contributed by atoms with E-state index in [1.54, 1.807) is 0 Å². The molecular formula is C10H14Cl2N2O2S2. The molecule has 1 aromatic heterocycles. The maximum absolute atomic E-state index is 12.5. The van der Waals surface area contributed by atoms with E-state index in [1.807, 2.05) is 13.8 Å². The second-order valence-electron chi connectivity index (χ2n) is 4.48. The summed E-state index contributed by atoms with van der Waals surface area (Å²) in [5.41, 5.74) is 0. The van der Waals surface area contributed by atoms with Gasteiger partial charge in [-0.05, 0) is 19.9 Å². The zero-order valence-corrected chi connectivity index (χ0v) is 13.1. The Kier molecular flexibility index (Phi) is 4.26. The first-order valence-corrected chi connectivity index (χ1v) is 8.53. The topological polar surface area (TPSA) is 49.4 Å². The van der Waals surface area contributed by atoms with Gasteiger partial charge in [-0.25, -0.2) is 8.42 Å². The van der Waals surface area contributed by atoms with Crippen molar-refractivity contribution in [1.29, 1.82) is 0 Å². The summed E-state index contributed by atoms with van der Waals surface area (Å²) in [5, 5.41) is 3.29. The molecule has 0 amide bonds. The number of nitrogens with one attached hydrogen (secondary N) is 1. The van der Waals surface area contributed by atoms with E-state index in [2.05, 4.69) is 5.32 Å². The summed E-state index contributed by atoms with van der Waals surface area (Å²) in [7, 11) is -3.55. The molecule has 0 spiro atoms. The summed E-state index contributed by atoms with van der Waals surface area (Å²) in [6.07, 6.45) is 0. The van der Waals surface area contributed by atoms with Crippen LogP contribution in [0.4, 0.5) is 0 Å². The van der Waals surface area contributed by atoms with Crippen LogP contribution < -0.4 is 5.32 Å². The standard InChI is InChI=1S/C10H14Cl2N2O2S2/c1-6-4-14(5-7(2)13-6)18(15,16)8-3-9(11)17-10(8)12/h3,6-7,13H,4-5H2,1-2H3. The van der Waals surface area contributed by atoms with E-state index >= 15 is 0 Å². The van der Waals surface area contributed by atoms with Crippen molar-refractivity contribution in [2.45, 2.75) is 30.8 Å². The molecule has 0 aliphatic carbocycles. The van der Waals surface area contributed by atoms with Crippen LogP contribution in [-0.4, -0.2) is 37.9 Å². The van der Waals surface area contributed by atoms with E-state index in [0.717, 1.165) is 11.3 Å². The third kappa shape index (κ3) is 2.84. The number of piperazine rings is 1. The molecule has 1 aliphatic heterocycles. The molecule has 18 heavy (non-hydrogen) atoms. The molecule has 1 aromatic rings. The van der Waals surface area contributed by atoms with E-state index in [1.165, 1.54) is 10.4 Å². The number of hydrogen-bond acceptors (Lipinski definition) is 4. The third-order valence-corrected chi connectivity index (χ3v) is 6.35. The molecule has 1 saturated heterocycles. The molecule has 0 radical (unpaired) electrons. The van der Waals surface area contributed by atoms with Gasteiger partial charge in [0.15, 0.2) is 0 Å². The molecule has 0 bridgehead atoms. The van der Waals surface area contributed by atoms with E-state index in [4.69, 9.17) is 23.2 Å². The minimum Gasteiger partial charge on any atom is -0.309 e. The molecule has 0 saturated carbocycles. The Morgan fingerprint density at radius 3 is 2.33 bits per heavy atom. The van der Waals surface area contributed by atoms with E-state index in [0.29, 0.717) is 17.4 Å². The predicted octanol–water partition coefficient (Wildman–Crippen LogP) is 2.43. The highest BCUT2D eigenvalue weighted by Crippen LogP contribution is 2.36. The van der Waals surface area contributed by atoms with E-state index in [9.17, 15) is 8.42 Å². The van der Waals surface area contributed by atoms with Gasteiger partial charge in [-0.3, -0.25) is 0 Å². The molecule has 1 aliphatic rings. The highest BCUT2D eigenvalue weighted by atomic mass is 35.5. The number of halogens is 2. The van der Waals surface area contributed by atoms with Gasteiger partial charge in [0.1, 0.15) is 9.23 Å². The molecule has 1 N–H and O–H groups in total. The third-order valence-electron chi connectivity index (χ3n) is 2.77. The molecular weight excluding hydrogens is 315 g/mol. The van der Waals surface area contributed by atoms with Crippen LogP contribution >= 0.6 is 34.5 Å². The lowest BCUT2D eigenvalue weighted by Crippen LogP contribution is -2.55. The summed E-state index contributed by atoms with van der Waals surface area (Å²) >= 11 is 12.8. The Labute approximate surface area is 121 Å². The van der Waals surface area contributed by atoms with E-state index in [-0.39, 0.29) is 21.3 Å². The molecule has 4 nitrogen and oxygen atoms in total. The van der Waals surface area contributed by atoms with Crippen LogP contribution in [0.3, 0.4) is 0 Å². The Balaban J connectivity index is 2.34. The molecule has 2 heterocycles. The maximum atomic E-state index is 12.5. The summed E-state index contributed by atoms with van der Waals surface area (Å²) in [5.74, 6) is 0. The van der Waals surface area contributed by atoms with Crippen molar-refractivity contribution < 1.29 is 8.42 Å². The van der Waals surface area contributed by atoms with Crippen molar-refractivity contribution >= 4 is 44.6 Å². The molecule has 2 rings (SSSR count). The predicted molar refractivity (Wildman–Crippen MR) is 75.2 cm³/mol. The number of nitrogens with zero attached hydrogens (tertiary/aromatic N) is 1. The van der Waals surface area contributed by atoms with Crippen molar-refractivity contribution in [3.63, 3.8) is 0 Å². The second kappa shape index (κ2) is 5.26. The lowest BCUT2D eigenvalue weighted by molar-refractivity contribution is 0.263. The van der Waals surface area contributed by atoms with Gasteiger partial charge < -0.3 is 5.32 Å². The monoisotopic (exact) mass is 328 g/mol. The zero-order chi connectivity index (χ0) is 13.5. The quantitative estimate of drug-likeness (QED) is 0.907. The molecule has 2 atom stereocenters. The largest absolute Gasteiger partial charge is 0.309 e. The Bertz CT molecular complexity index is 534. The lowest BCUT2D eigenvalue weighted by Gasteiger charge is -2.35. The molecule has 1 fully saturated rings. The lowest BCUT2D eigenvalue weighted by atomic mass is 10.2. The van der Waals surface area contributed by atoms with Gasteiger partial charge in [0, 0.05) is 25.2 Å². The number of rotatable bonds is 2. The fraction of sp³-hybridized carbons (Fsp3) is 0.600. The van der Waals surface area contributed by atoms with Crippen molar-refractivity contribution in [3.8, 4) is 0 Å². The van der Waals surface area contributed by atoms with E-state index < -0.39 is 10.0 Å². The van der Waals surface area contributed by atoms with Gasteiger partial charge in [0.05, 0.1) is 4.34 Å². The van der Waals surface area contributed by atoms with Crippen LogP contribution in [0.5, 0.6) is 0 Å². The highest BCUT2D eigenvalue weighted by Gasteiger charge is 2.33. The fourth-order valence-corrected chi connectivity index (χ4v) is 5.84. The minimum absolute atomic E-state index is 0.112. The summed E-state index contributed by atoms with van der Waals surface area (Å²) in [6.45, 7) is 4.80. The van der Waals surface area contributed by atoms with Crippen LogP contribution in [0.15, 0.2) is 11.0 Å². The average Bonchev–Trinajstić information content (AvgIpc) is 2.57. The van der Waals surface area contributed by atoms with Crippen molar-refractivity contribution in [2.75, 3.05) is 13.1 Å². The maximum Gasteiger partial charge on any atom is 0.245 e.